The molecule has 2 unspecified atom stereocenters. The number of terminal acetylenes is 1. The lowest BCUT2D eigenvalue weighted by atomic mass is 10.1. The van der Waals surface area contributed by atoms with E-state index in [0.717, 1.165) is 19.4 Å². The van der Waals surface area contributed by atoms with Gasteiger partial charge >= 0.3 is 0 Å². The van der Waals surface area contributed by atoms with E-state index in [0.29, 0.717) is 0 Å². The van der Waals surface area contributed by atoms with E-state index in [1.54, 1.807) is 0 Å². The van der Waals surface area contributed by atoms with E-state index in [9.17, 15) is 0 Å². The number of hydrogen-bond donors (Lipinski definition) is 2. The van der Waals surface area contributed by atoms with Gasteiger partial charge in [0.05, 0.1) is 0 Å². The molecule has 0 aliphatic carbocycles. The Kier molecular flexibility index (Phi) is 2.10. The fourth-order valence-corrected chi connectivity index (χ4v) is 1.10. The van der Waals surface area contributed by atoms with Gasteiger partial charge in [-0.25, -0.2) is 0 Å². The Morgan fingerprint density at radius 1 is 1.78 bits per heavy atom. The van der Waals surface area contributed by atoms with Gasteiger partial charge in [0, 0.05) is 6.04 Å². The van der Waals surface area contributed by atoms with Crippen molar-refractivity contribution < 1.29 is 5.11 Å². The van der Waals surface area contributed by atoms with Crippen LogP contribution in [0.15, 0.2) is 0 Å². The zero-order chi connectivity index (χ0) is 6.69. The summed E-state index contributed by atoms with van der Waals surface area (Å²) in [6.07, 6.45) is 6.56. The summed E-state index contributed by atoms with van der Waals surface area (Å²) in [6, 6.07) is 0.148. The second-order valence-corrected chi connectivity index (χ2v) is 2.31. The molecule has 0 spiro atoms. The third-order valence-corrected chi connectivity index (χ3v) is 1.65. The van der Waals surface area contributed by atoms with E-state index < -0.39 is 6.10 Å². The lowest BCUT2D eigenvalue weighted by molar-refractivity contribution is 0.190. The van der Waals surface area contributed by atoms with E-state index in [-0.39, 0.29) is 6.04 Å². The smallest absolute Gasteiger partial charge is 0.129 e. The van der Waals surface area contributed by atoms with E-state index in [1.807, 2.05) is 0 Å². The van der Waals surface area contributed by atoms with Gasteiger partial charge in [0.1, 0.15) is 6.10 Å². The Morgan fingerprint density at radius 3 is 3.00 bits per heavy atom. The molecule has 9 heavy (non-hydrogen) atoms. The van der Waals surface area contributed by atoms with Crippen LogP contribution in [0.5, 0.6) is 0 Å². The fourth-order valence-electron chi connectivity index (χ4n) is 1.10. The summed E-state index contributed by atoms with van der Waals surface area (Å²) in [5, 5.41) is 12.2. The minimum absolute atomic E-state index is 0.148. The molecular formula is C7H11NO. The number of aliphatic hydroxyl groups is 1. The Morgan fingerprint density at radius 2 is 2.56 bits per heavy atom. The van der Waals surface area contributed by atoms with Gasteiger partial charge in [-0.15, -0.1) is 6.42 Å². The van der Waals surface area contributed by atoms with Gasteiger partial charge in [-0.2, -0.15) is 0 Å². The zero-order valence-corrected chi connectivity index (χ0v) is 5.30. The van der Waals surface area contributed by atoms with Gasteiger partial charge < -0.3 is 10.4 Å². The highest BCUT2D eigenvalue weighted by molar-refractivity contribution is 5.01. The van der Waals surface area contributed by atoms with Gasteiger partial charge in [0.2, 0.25) is 0 Å². The molecule has 2 nitrogen and oxygen atoms in total. The predicted octanol–water partition coefficient (Wildman–Crippen LogP) is -0.268. The SMILES string of the molecule is C#CC(O)C1CCCN1. The van der Waals surface area contributed by atoms with Crippen LogP contribution < -0.4 is 5.32 Å². The Labute approximate surface area is 55.3 Å². The molecule has 1 rings (SSSR count). The summed E-state index contributed by atoms with van der Waals surface area (Å²) in [5.74, 6) is 2.30. The highest BCUT2D eigenvalue weighted by atomic mass is 16.3. The average molecular weight is 125 g/mol. The van der Waals surface area contributed by atoms with Gasteiger partial charge in [-0.1, -0.05) is 5.92 Å². The van der Waals surface area contributed by atoms with E-state index >= 15 is 0 Å². The highest BCUT2D eigenvalue weighted by Gasteiger charge is 2.19. The molecule has 1 fully saturated rings. The van der Waals surface area contributed by atoms with Crippen LogP contribution in [0.2, 0.25) is 0 Å². The molecule has 0 radical (unpaired) electrons. The molecule has 0 amide bonds. The van der Waals surface area contributed by atoms with Gasteiger partial charge in [0.15, 0.2) is 0 Å². The first kappa shape index (κ1) is 6.60. The van der Waals surface area contributed by atoms with Crippen LogP contribution in [0.25, 0.3) is 0 Å². The second-order valence-electron chi connectivity index (χ2n) is 2.31. The number of nitrogens with one attached hydrogen (secondary N) is 1. The fraction of sp³-hybridized carbons (Fsp3) is 0.714. The van der Waals surface area contributed by atoms with E-state index in [1.165, 1.54) is 0 Å². The molecule has 0 saturated carbocycles. The molecule has 50 valence electrons. The molecule has 1 aliphatic rings. The van der Waals surface area contributed by atoms with Gasteiger partial charge in [0.25, 0.3) is 0 Å². The van der Waals surface area contributed by atoms with Crippen LogP contribution in [0.1, 0.15) is 12.8 Å². The summed E-state index contributed by atoms with van der Waals surface area (Å²) in [5.41, 5.74) is 0. The normalized spacial score (nSPS) is 29.6. The number of rotatable bonds is 1. The maximum Gasteiger partial charge on any atom is 0.129 e. The highest BCUT2D eigenvalue weighted by Crippen LogP contribution is 2.07. The van der Waals surface area contributed by atoms with E-state index in [2.05, 4.69) is 11.2 Å². The molecule has 2 heteroatoms. The van der Waals surface area contributed by atoms with Crippen molar-refractivity contribution in [3.63, 3.8) is 0 Å². The topological polar surface area (TPSA) is 32.3 Å². The lowest BCUT2D eigenvalue weighted by Gasteiger charge is -2.10. The first-order chi connectivity index (χ1) is 4.34. The van der Waals surface area contributed by atoms with Gasteiger partial charge in [-0.05, 0) is 19.4 Å². The molecule has 1 heterocycles. The van der Waals surface area contributed by atoms with Crippen LogP contribution in [0, 0.1) is 12.3 Å². The maximum atomic E-state index is 9.06. The van der Waals surface area contributed by atoms with Crippen molar-refractivity contribution >= 4 is 0 Å². The third-order valence-electron chi connectivity index (χ3n) is 1.65. The number of aliphatic hydroxyl groups excluding tert-OH is 1. The first-order valence-electron chi connectivity index (χ1n) is 3.22. The molecule has 1 aliphatic heterocycles. The van der Waals surface area contributed by atoms with Crippen molar-refractivity contribution in [1.82, 2.24) is 5.32 Å². The minimum Gasteiger partial charge on any atom is -0.379 e. The molecule has 2 atom stereocenters. The van der Waals surface area contributed by atoms with Crippen molar-refractivity contribution in [2.45, 2.75) is 25.0 Å². The standard InChI is InChI=1S/C7H11NO/c1-2-7(9)6-4-3-5-8-6/h1,6-9H,3-5H2. The minimum atomic E-state index is -0.590. The van der Waals surface area contributed by atoms with Crippen LogP contribution in [-0.4, -0.2) is 23.8 Å². The first-order valence-corrected chi connectivity index (χ1v) is 3.22. The van der Waals surface area contributed by atoms with Crippen molar-refractivity contribution in [1.29, 1.82) is 0 Å². The quantitative estimate of drug-likeness (QED) is 0.473. The summed E-state index contributed by atoms with van der Waals surface area (Å²) in [4.78, 5) is 0. The largest absolute Gasteiger partial charge is 0.379 e. The second kappa shape index (κ2) is 2.86. The van der Waals surface area contributed by atoms with Crippen LogP contribution in [0.3, 0.4) is 0 Å². The summed E-state index contributed by atoms with van der Waals surface area (Å²) in [6.45, 7) is 0.989. The summed E-state index contributed by atoms with van der Waals surface area (Å²) >= 11 is 0. The van der Waals surface area contributed by atoms with Gasteiger partial charge in [-0.3, -0.25) is 0 Å². The maximum absolute atomic E-state index is 9.06. The monoisotopic (exact) mass is 125 g/mol. The Bertz CT molecular complexity index is 121. The van der Waals surface area contributed by atoms with Crippen molar-refractivity contribution in [3.8, 4) is 12.3 Å². The molecule has 2 N–H and O–H groups in total. The van der Waals surface area contributed by atoms with Crippen molar-refractivity contribution in [2.75, 3.05) is 6.54 Å². The average Bonchev–Trinajstić information content (AvgIpc) is 2.37. The van der Waals surface area contributed by atoms with Crippen LogP contribution in [0.4, 0.5) is 0 Å². The summed E-state index contributed by atoms with van der Waals surface area (Å²) in [7, 11) is 0. The molecule has 0 bridgehead atoms. The third kappa shape index (κ3) is 1.44. The van der Waals surface area contributed by atoms with Crippen LogP contribution in [-0.2, 0) is 0 Å². The van der Waals surface area contributed by atoms with E-state index in [4.69, 9.17) is 11.5 Å². The summed E-state index contributed by atoms with van der Waals surface area (Å²) < 4.78 is 0. The molecule has 0 aromatic rings. The molecular weight excluding hydrogens is 114 g/mol. The van der Waals surface area contributed by atoms with Crippen LogP contribution >= 0.6 is 0 Å². The Hall–Kier alpha value is -0.520. The molecule has 0 aromatic carbocycles. The molecule has 1 saturated heterocycles. The molecule has 0 aromatic heterocycles. The lowest BCUT2D eigenvalue weighted by Crippen LogP contribution is -2.33. The predicted molar refractivity (Wildman–Crippen MR) is 35.9 cm³/mol. The number of hydrogen-bond acceptors (Lipinski definition) is 2. The van der Waals surface area contributed by atoms with Crippen molar-refractivity contribution in [2.24, 2.45) is 0 Å². The zero-order valence-electron chi connectivity index (χ0n) is 5.30. The van der Waals surface area contributed by atoms with Crippen molar-refractivity contribution in [3.05, 3.63) is 0 Å². The Balaban J connectivity index is 2.34.